The van der Waals surface area contributed by atoms with E-state index < -0.39 is 11.6 Å². The van der Waals surface area contributed by atoms with Crippen LogP contribution in [0.25, 0.3) is 11.1 Å². The van der Waals surface area contributed by atoms with Crippen LogP contribution in [-0.2, 0) is 0 Å². The lowest BCUT2D eigenvalue weighted by molar-refractivity contribution is 0.625. The van der Waals surface area contributed by atoms with Crippen LogP contribution in [0.4, 0.5) is 14.5 Å². The number of halogens is 2. The number of hydrogen-bond donors (Lipinski definition) is 1. The van der Waals surface area contributed by atoms with Crippen LogP contribution in [0, 0.1) is 11.6 Å². The normalized spacial score (nSPS) is 10.3. The highest BCUT2D eigenvalue weighted by molar-refractivity contribution is 5.76. The number of nitrogen functional groups attached to an aromatic ring is 1. The molecule has 0 spiro atoms. The second-order valence-electron chi connectivity index (χ2n) is 3.21. The van der Waals surface area contributed by atoms with Gasteiger partial charge in [0.25, 0.3) is 0 Å². The van der Waals surface area contributed by atoms with Crippen LogP contribution >= 0.6 is 0 Å². The Morgan fingerprint density at radius 3 is 2.33 bits per heavy atom. The number of anilines is 1. The first kappa shape index (κ1) is 9.65. The first-order valence-electron chi connectivity index (χ1n) is 4.48. The van der Waals surface area contributed by atoms with Crippen molar-refractivity contribution >= 4 is 5.69 Å². The summed E-state index contributed by atoms with van der Waals surface area (Å²) >= 11 is 0. The molecule has 0 bridgehead atoms. The maximum Gasteiger partial charge on any atom is 0.133 e. The summed E-state index contributed by atoms with van der Waals surface area (Å²) in [6, 6.07) is 10.1. The molecule has 0 heterocycles. The zero-order valence-electron chi connectivity index (χ0n) is 7.87. The largest absolute Gasteiger partial charge is 0.398 e. The Balaban J connectivity index is 2.63. The molecule has 0 aliphatic carbocycles. The summed E-state index contributed by atoms with van der Waals surface area (Å²) in [5, 5.41) is 0. The highest BCUT2D eigenvalue weighted by Gasteiger charge is 2.08. The van der Waals surface area contributed by atoms with Gasteiger partial charge in [-0.15, -0.1) is 0 Å². The summed E-state index contributed by atoms with van der Waals surface area (Å²) in [6.07, 6.45) is 0. The van der Waals surface area contributed by atoms with E-state index in [2.05, 4.69) is 0 Å². The van der Waals surface area contributed by atoms with E-state index in [0.29, 0.717) is 11.3 Å². The average molecular weight is 205 g/mol. The van der Waals surface area contributed by atoms with E-state index in [4.69, 9.17) is 5.73 Å². The van der Waals surface area contributed by atoms with Gasteiger partial charge in [0.05, 0.1) is 0 Å². The van der Waals surface area contributed by atoms with Crippen molar-refractivity contribution in [2.75, 3.05) is 5.73 Å². The van der Waals surface area contributed by atoms with Crippen LogP contribution in [0.3, 0.4) is 0 Å². The number of benzene rings is 2. The average Bonchev–Trinajstić information content (AvgIpc) is 2.17. The monoisotopic (exact) mass is 205 g/mol. The smallest absolute Gasteiger partial charge is 0.133 e. The molecular weight excluding hydrogens is 196 g/mol. The van der Waals surface area contributed by atoms with E-state index in [-0.39, 0.29) is 5.56 Å². The van der Waals surface area contributed by atoms with Gasteiger partial charge in [-0.1, -0.05) is 18.2 Å². The molecule has 0 aromatic heterocycles. The molecule has 0 saturated carbocycles. The molecule has 1 nitrogen and oxygen atoms in total. The lowest BCUT2D eigenvalue weighted by Crippen LogP contribution is -1.93. The molecule has 0 aliphatic rings. The third-order valence-electron chi connectivity index (χ3n) is 2.16. The van der Waals surface area contributed by atoms with Crippen molar-refractivity contribution in [3.05, 3.63) is 54.1 Å². The molecule has 2 aromatic carbocycles. The highest BCUT2D eigenvalue weighted by atomic mass is 19.1. The molecule has 2 aromatic rings. The number of rotatable bonds is 1. The maximum absolute atomic E-state index is 13.5. The Kier molecular flexibility index (Phi) is 2.37. The van der Waals surface area contributed by atoms with Crippen LogP contribution in [0.5, 0.6) is 0 Å². The van der Waals surface area contributed by atoms with Crippen molar-refractivity contribution in [2.24, 2.45) is 0 Å². The van der Waals surface area contributed by atoms with Gasteiger partial charge in [0, 0.05) is 11.3 Å². The third kappa shape index (κ3) is 1.81. The predicted octanol–water partition coefficient (Wildman–Crippen LogP) is 3.21. The molecule has 0 aliphatic heterocycles. The van der Waals surface area contributed by atoms with E-state index >= 15 is 0 Å². The lowest BCUT2D eigenvalue weighted by Gasteiger charge is -2.06. The standard InChI is InChI=1S/C12H9F2N/c13-9-4-1-3-8(7-9)12-10(14)5-2-6-11(12)15/h1-7H,15H2. The molecule has 0 atom stereocenters. The SMILES string of the molecule is Nc1cccc(F)c1-c1cccc(F)c1. The minimum absolute atomic E-state index is 0.247. The van der Waals surface area contributed by atoms with Crippen molar-refractivity contribution < 1.29 is 8.78 Å². The molecule has 0 fully saturated rings. The Bertz CT molecular complexity index is 474. The first-order valence-corrected chi connectivity index (χ1v) is 4.48. The Hall–Kier alpha value is -1.90. The highest BCUT2D eigenvalue weighted by Crippen LogP contribution is 2.28. The second-order valence-corrected chi connectivity index (χ2v) is 3.21. The first-order chi connectivity index (χ1) is 7.18. The van der Waals surface area contributed by atoms with Crippen molar-refractivity contribution in [3.63, 3.8) is 0 Å². The topological polar surface area (TPSA) is 26.0 Å². The van der Waals surface area contributed by atoms with Crippen LogP contribution < -0.4 is 5.73 Å². The fourth-order valence-electron chi connectivity index (χ4n) is 1.49. The van der Waals surface area contributed by atoms with Crippen molar-refractivity contribution in [2.45, 2.75) is 0 Å². The summed E-state index contributed by atoms with van der Waals surface area (Å²) in [7, 11) is 0. The summed E-state index contributed by atoms with van der Waals surface area (Å²) < 4.78 is 26.4. The molecule has 2 rings (SSSR count). The maximum atomic E-state index is 13.5. The summed E-state index contributed by atoms with van der Waals surface area (Å²) in [6.45, 7) is 0. The molecular formula is C12H9F2N. The Morgan fingerprint density at radius 2 is 1.67 bits per heavy atom. The van der Waals surface area contributed by atoms with Gasteiger partial charge in [0.1, 0.15) is 11.6 Å². The second kappa shape index (κ2) is 3.69. The van der Waals surface area contributed by atoms with Gasteiger partial charge in [-0.3, -0.25) is 0 Å². The minimum atomic E-state index is -0.444. The summed E-state index contributed by atoms with van der Waals surface area (Å²) in [5.41, 5.74) is 6.64. The van der Waals surface area contributed by atoms with E-state index in [1.54, 1.807) is 12.1 Å². The van der Waals surface area contributed by atoms with Crippen LogP contribution in [0.2, 0.25) is 0 Å². The van der Waals surface area contributed by atoms with Gasteiger partial charge in [0.15, 0.2) is 0 Å². The fraction of sp³-hybridized carbons (Fsp3) is 0. The Labute approximate surface area is 86.2 Å². The van der Waals surface area contributed by atoms with Gasteiger partial charge in [-0.2, -0.15) is 0 Å². The van der Waals surface area contributed by atoms with E-state index in [9.17, 15) is 8.78 Å². The fourth-order valence-corrected chi connectivity index (χ4v) is 1.49. The molecule has 0 unspecified atom stereocenters. The molecule has 15 heavy (non-hydrogen) atoms. The van der Waals surface area contributed by atoms with Gasteiger partial charge >= 0.3 is 0 Å². The zero-order valence-corrected chi connectivity index (χ0v) is 7.87. The van der Waals surface area contributed by atoms with Gasteiger partial charge < -0.3 is 5.73 Å². The van der Waals surface area contributed by atoms with Crippen LogP contribution in [0.15, 0.2) is 42.5 Å². The van der Waals surface area contributed by atoms with Crippen molar-refractivity contribution in [3.8, 4) is 11.1 Å². The Morgan fingerprint density at radius 1 is 0.933 bits per heavy atom. The summed E-state index contributed by atoms with van der Waals surface area (Å²) in [4.78, 5) is 0. The van der Waals surface area contributed by atoms with E-state index in [0.717, 1.165) is 0 Å². The summed E-state index contributed by atoms with van der Waals surface area (Å²) in [5.74, 6) is -0.851. The van der Waals surface area contributed by atoms with Gasteiger partial charge in [0.2, 0.25) is 0 Å². The number of nitrogens with two attached hydrogens (primary N) is 1. The lowest BCUT2D eigenvalue weighted by atomic mass is 10.0. The van der Waals surface area contributed by atoms with E-state index in [1.165, 1.54) is 30.3 Å². The molecule has 3 heteroatoms. The zero-order chi connectivity index (χ0) is 10.8. The third-order valence-corrected chi connectivity index (χ3v) is 2.16. The predicted molar refractivity (Wildman–Crippen MR) is 56.2 cm³/mol. The molecule has 76 valence electrons. The molecule has 2 N–H and O–H groups in total. The van der Waals surface area contributed by atoms with Crippen molar-refractivity contribution in [1.29, 1.82) is 0 Å². The van der Waals surface area contributed by atoms with Crippen molar-refractivity contribution in [1.82, 2.24) is 0 Å². The molecule has 0 amide bonds. The molecule has 0 saturated heterocycles. The minimum Gasteiger partial charge on any atom is -0.398 e. The van der Waals surface area contributed by atoms with Crippen LogP contribution in [0.1, 0.15) is 0 Å². The van der Waals surface area contributed by atoms with Crippen LogP contribution in [-0.4, -0.2) is 0 Å². The quantitative estimate of drug-likeness (QED) is 0.711. The van der Waals surface area contributed by atoms with E-state index in [1.807, 2.05) is 0 Å². The van der Waals surface area contributed by atoms with Gasteiger partial charge in [-0.25, -0.2) is 8.78 Å². The van der Waals surface area contributed by atoms with Gasteiger partial charge in [-0.05, 0) is 29.8 Å². The number of hydrogen-bond acceptors (Lipinski definition) is 1. The molecule has 0 radical (unpaired) electrons.